The van der Waals surface area contributed by atoms with E-state index in [1.54, 1.807) is 0 Å². The van der Waals surface area contributed by atoms with E-state index < -0.39 is 26.5 Å². The van der Waals surface area contributed by atoms with E-state index in [1.807, 2.05) is 0 Å². The molecule has 0 spiro atoms. The number of carbonyl (C=O) groups excluding carboxylic acids is 2. The molecule has 362 valence electrons. The third-order valence-corrected chi connectivity index (χ3v) is 11.3. The maximum Gasteiger partial charge on any atom is 0.472 e. The van der Waals surface area contributed by atoms with Crippen LogP contribution in [0.4, 0.5) is 0 Å². The van der Waals surface area contributed by atoms with Gasteiger partial charge in [-0.2, -0.15) is 0 Å². The highest BCUT2D eigenvalue weighted by Crippen LogP contribution is 2.42. The molecule has 0 aliphatic rings. The van der Waals surface area contributed by atoms with Crippen LogP contribution in [0.5, 0.6) is 0 Å². The molecule has 10 heteroatoms. The van der Waals surface area contributed by atoms with Gasteiger partial charge < -0.3 is 20.1 Å². The number of hydrogen-bond acceptors (Lipinski definition) is 7. The molecule has 0 bridgehead atoms. The van der Waals surface area contributed by atoms with Gasteiger partial charge >= 0.3 is 13.8 Å². The Hall–Kier alpha value is -2.81. The average molecular weight is 902 g/mol. The van der Waals surface area contributed by atoms with Gasteiger partial charge in [0.1, 0.15) is 12.7 Å². The van der Waals surface area contributed by atoms with Crippen LogP contribution in [0, 0.1) is 0 Å². The molecule has 0 saturated heterocycles. The van der Waals surface area contributed by atoms with Gasteiger partial charge in [0.15, 0.2) is 0 Å². The van der Waals surface area contributed by atoms with Crippen LogP contribution in [0.3, 0.4) is 0 Å². The van der Waals surface area contributed by atoms with Gasteiger partial charge in [-0.15, -0.1) is 0 Å². The molecular weight excluding hydrogens is 810 g/mol. The Bertz CT molecular complexity index is 1300. The monoisotopic (exact) mass is 902 g/mol. The Morgan fingerprint density at radius 3 is 1.29 bits per heavy atom. The molecule has 0 heterocycles. The van der Waals surface area contributed by atoms with Gasteiger partial charge in [-0.3, -0.25) is 18.6 Å². The fourth-order valence-corrected chi connectivity index (χ4v) is 7.24. The summed E-state index contributed by atoms with van der Waals surface area (Å²) in [5, 5.41) is 12.7. The van der Waals surface area contributed by atoms with Crippen LogP contribution in [0.2, 0.25) is 0 Å². The molecule has 0 fully saturated rings. The molecule has 2 atom stereocenters. The number of rotatable bonds is 46. The van der Waals surface area contributed by atoms with Gasteiger partial charge in [0.25, 0.3) is 0 Å². The van der Waals surface area contributed by atoms with E-state index in [2.05, 4.69) is 104 Å². The summed E-state index contributed by atoms with van der Waals surface area (Å²) in [5.41, 5.74) is 0. The maximum atomic E-state index is 12.1. The zero-order chi connectivity index (χ0) is 46.0. The summed E-state index contributed by atoms with van der Waals surface area (Å²) in [5.74, 6) is -0.545. The van der Waals surface area contributed by atoms with Crippen molar-refractivity contribution in [1.82, 2.24) is 5.32 Å². The van der Waals surface area contributed by atoms with E-state index >= 15 is 0 Å². The predicted molar refractivity (Wildman–Crippen MR) is 266 cm³/mol. The standard InChI is InChI=1S/C53H92NO8P/c1-3-5-7-9-11-13-15-17-19-21-23-25-27-29-31-33-35-37-39-41-43-45-52(56)54-47-48-61-63(58,59)62-50-51(55)49-60-53(57)46-44-42-40-38-36-34-32-30-28-26-24-22-20-18-16-14-12-10-8-6-4-2/h11-14,17-20,23-26,30,32,51,55H,3-10,15-16,21-22,27-29,31,33-50H2,1-2H3,(H,54,56)(H,58,59)/b13-11-,14-12-,19-17-,20-18-,25-23-,26-24-,32-30-. The van der Waals surface area contributed by atoms with Gasteiger partial charge in [-0.1, -0.05) is 182 Å². The maximum absolute atomic E-state index is 12.1. The Morgan fingerprint density at radius 2 is 0.857 bits per heavy atom. The molecule has 0 saturated carbocycles. The molecule has 9 nitrogen and oxygen atoms in total. The lowest BCUT2D eigenvalue weighted by atomic mass is 10.1. The molecule has 1 amide bonds. The first-order valence-electron chi connectivity index (χ1n) is 25.1. The zero-order valence-electron chi connectivity index (χ0n) is 40.0. The summed E-state index contributed by atoms with van der Waals surface area (Å²) < 4.78 is 27.0. The van der Waals surface area contributed by atoms with Crippen LogP contribution in [-0.4, -0.2) is 54.3 Å². The third-order valence-electron chi connectivity index (χ3n) is 10.3. The van der Waals surface area contributed by atoms with Crippen LogP contribution >= 0.6 is 7.82 Å². The molecule has 0 aliphatic heterocycles. The third kappa shape index (κ3) is 50.1. The summed E-state index contributed by atoms with van der Waals surface area (Å²) in [6, 6.07) is 0. The minimum absolute atomic E-state index is 0.0705. The number of phosphoric ester groups is 1. The fourth-order valence-electron chi connectivity index (χ4n) is 6.49. The number of amides is 1. The van der Waals surface area contributed by atoms with Crippen molar-refractivity contribution in [2.24, 2.45) is 0 Å². The topological polar surface area (TPSA) is 131 Å². The Morgan fingerprint density at radius 1 is 0.492 bits per heavy atom. The molecule has 0 radical (unpaired) electrons. The molecule has 2 unspecified atom stereocenters. The quantitative estimate of drug-likeness (QED) is 0.0238. The van der Waals surface area contributed by atoms with Crippen molar-refractivity contribution >= 4 is 19.7 Å². The van der Waals surface area contributed by atoms with Crippen molar-refractivity contribution in [3.8, 4) is 0 Å². The van der Waals surface area contributed by atoms with Crippen molar-refractivity contribution in [2.45, 2.75) is 213 Å². The number of carbonyl (C=O) groups is 2. The lowest BCUT2D eigenvalue weighted by Crippen LogP contribution is -2.27. The van der Waals surface area contributed by atoms with E-state index in [-0.39, 0.29) is 32.1 Å². The second kappa shape index (κ2) is 48.6. The first-order valence-corrected chi connectivity index (χ1v) is 26.6. The summed E-state index contributed by atoms with van der Waals surface area (Å²) in [4.78, 5) is 34.1. The number of phosphoric acid groups is 1. The van der Waals surface area contributed by atoms with Crippen molar-refractivity contribution in [3.05, 3.63) is 85.1 Å². The lowest BCUT2D eigenvalue weighted by molar-refractivity contribution is -0.147. The van der Waals surface area contributed by atoms with Crippen molar-refractivity contribution in [3.63, 3.8) is 0 Å². The number of hydrogen-bond donors (Lipinski definition) is 3. The summed E-state index contributed by atoms with van der Waals surface area (Å²) in [6.45, 7) is 3.47. The number of nitrogens with one attached hydrogen (secondary N) is 1. The van der Waals surface area contributed by atoms with E-state index in [4.69, 9.17) is 13.8 Å². The highest BCUT2D eigenvalue weighted by atomic mass is 31.2. The first-order chi connectivity index (χ1) is 30.8. The van der Waals surface area contributed by atoms with Crippen LogP contribution in [0.25, 0.3) is 0 Å². The second-order valence-corrected chi connectivity index (χ2v) is 17.9. The second-order valence-electron chi connectivity index (χ2n) is 16.4. The summed E-state index contributed by atoms with van der Waals surface area (Å²) >= 11 is 0. The average Bonchev–Trinajstić information content (AvgIpc) is 3.27. The molecule has 0 rings (SSSR count). The molecular formula is C53H92NO8P. The van der Waals surface area contributed by atoms with Gasteiger partial charge in [0.2, 0.25) is 5.91 Å². The van der Waals surface area contributed by atoms with Crippen LogP contribution in [0.1, 0.15) is 206 Å². The van der Waals surface area contributed by atoms with Gasteiger partial charge in [0, 0.05) is 19.4 Å². The van der Waals surface area contributed by atoms with Crippen LogP contribution < -0.4 is 5.32 Å². The first kappa shape index (κ1) is 60.2. The largest absolute Gasteiger partial charge is 0.472 e. The normalized spacial score (nSPS) is 13.9. The van der Waals surface area contributed by atoms with Crippen molar-refractivity contribution in [1.29, 1.82) is 0 Å². The molecule has 3 N–H and O–H groups in total. The van der Waals surface area contributed by atoms with Crippen molar-refractivity contribution < 1.29 is 37.9 Å². The summed E-state index contributed by atoms with van der Waals surface area (Å²) in [6.07, 6.45) is 62.2. The number of unbranched alkanes of at least 4 members (excludes halogenated alkanes) is 19. The van der Waals surface area contributed by atoms with Gasteiger partial charge in [-0.25, -0.2) is 4.57 Å². The van der Waals surface area contributed by atoms with Crippen LogP contribution in [0.15, 0.2) is 85.1 Å². The van der Waals surface area contributed by atoms with Gasteiger partial charge in [0.05, 0.1) is 13.2 Å². The minimum atomic E-state index is -4.43. The Balaban J connectivity index is 3.64. The fraction of sp³-hybridized carbons (Fsp3) is 0.698. The van der Waals surface area contributed by atoms with E-state index in [0.29, 0.717) is 12.8 Å². The van der Waals surface area contributed by atoms with Gasteiger partial charge in [-0.05, 0) is 96.3 Å². The van der Waals surface area contributed by atoms with Crippen molar-refractivity contribution in [2.75, 3.05) is 26.4 Å². The summed E-state index contributed by atoms with van der Waals surface area (Å²) in [7, 11) is -4.43. The number of ether oxygens (including phenoxy) is 1. The lowest BCUT2D eigenvalue weighted by Gasteiger charge is -2.15. The zero-order valence-corrected chi connectivity index (χ0v) is 40.9. The molecule has 0 aromatic rings. The number of aliphatic hydroxyl groups is 1. The molecule has 63 heavy (non-hydrogen) atoms. The minimum Gasteiger partial charge on any atom is -0.463 e. The van der Waals surface area contributed by atoms with Crippen LogP contribution in [-0.2, 0) is 27.9 Å². The predicted octanol–water partition coefficient (Wildman–Crippen LogP) is 14.8. The number of allylic oxidation sites excluding steroid dienone is 14. The molecule has 0 aliphatic carbocycles. The molecule has 0 aromatic heterocycles. The Labute approximate surface area is 385 Å². The molecule has 0 aromatic carbocycles. The SMILES string of the molecule is CCCCC/C=C\C/C=C\C/C=C\C/C=C\CCCCCCCC(=O)OCC(O)COP(=O)(O)OCCNC(=O)CCCCCCCCCC/C=C\C/C=C\C/C=C\CCCCC. The van der Waals surface area contributed by atoms with E-state index in [9.17, 15) is 24.2 Å². The highest BCUT2D eigenvalue weighted by molar-refractivity contribution is 7.47. The van der Waals surface area contributed by atoms with E-state index in [1.165, 1.54) is 83.5 Å². The smallest absolute Gasteiger partial charge is 0.463 e. The highest BCUT2D eigenvalue weighted by Gasteiger charge is 2.23. The Kier molecular flexibility index (Phi) is 46.5. The number of esters is 1. The van der Waals surface area contributed by atoms with E-state index in [0.717, 1.165) is 89.9 Å². The number of aliphatic hydroxyl groups excluding tert-OH is 1.